The van der Waals surface area contributed by atoms with Crippen LogP contribution in [0.25, 0.3) is 0 Å². The van der Waals surface area contributed by atoms with Gasteiger partial charge in [-0.25, -0.2) is 4.39 Å². The molecule has 2 aromatic rings. The predicted octanol–water partition coefficient (Wildman–Crippen LogP) is 1.48. The number of carbonyl (C=O) groups excluding carboxylic acids is 1. The van der Waals surface area contributed by atoms with Crippen LogP contribution in [0.4, 0.5) is 10.1 Å². The summed E-state index contributed by atoms with van der Waals surface area (Å²) in [5.74, 6) is -0.149. The van der Waals surface area contributed by atoms with Crippen LogP contribution >= 0.6 is 0 Å². The molecule has 7 heteroatoms. The van der Waals surface area contributed by atoms with Crippen LogP contribution < -0.4 is 4.90 Å². The number of benzene rings is 1. The second-order valence-electron chi connectivity index (χ2n) is 4.86. The zero-order valence-electron chi connectivity index (χ0n) is 11.6. The Bertz CT molecular complexity index is 650. The Morgan fingerprint density at radius 3 is 2.52 bits per heavy atom. The van der Waals surface area contributed by atoms with Crippen molar-refractivity contribution in [1.82, 2.24) is 15.1 Å². The maximum absolute atomic E-state index is 13.7. The van der Waals surface area contributed by atoms with Crippen LogP contribution in [0.1, 0.15) is 16.6 Å². The molecule has 0 atom stereocenters. The molecule has 0 bridgehead atoms. The number of amides is 1. The van der Waals surface area contributed by atoms with Crippen molar-refractivity contribution in [2.24, 2.45) is 0 Å². The number of para-hydroxylation sites is 1. The van der Waals surface area contributed by atoms with Gasteiger partial charge in [0.1, 0.15) is 5.82 Å². The molecule has 21 heavy (non-hydrogen) atoms. The molecule has 1 aromatic carbocycles. The topological polar surface area (TPSA) is 62.5 Å². The minimum atomic E-state index is -0.274. The quantitative estimate of drug-likeness (QED) is 0.838. The first-order valence-corrected chi connectivity index (χ1v) is 6.74. The van der Waals surface area contributed by atoms with Crippen molar-refractivity contribution in [1.29, 1.82) is 0 Å². The molecule has 1 aromatic heterocycles. The van der Waals surface area contributed by atoms with Gasteiger partial charge in [0.25, 0.3) is 0 Å². The van der Waals surface area contributed by atoms with Gasteiger partial charge in [0, 0.05) is 33.1 Å². The van der Waals surface area contributed by atoms with Gasteiger partial charge in [-0.05, 0) is 12.1 Å². The lowest BCUT2D eigenvalue weighted by Gasteiger charge is -2.35. The highest BCUT2D eigenvalue weighted by Crippen LogP contribution is 2.20. The number of anilines is 1. The predicted molar refractivity (Wildman–Crippen MR) is 73.6 cm³/mol. The highest BCUT2D eigenvalue weighted by Gasteiger charge is 2.26. The summed E-state index contributed by atoms with van der Waals surface area (Å²) >= 11 is 0. The summed E-state index contributed by atoms with van der Waals surface area (Å²) in [7, 11) is 0. The lowest BCUT2D eigenvalue weighted by Crippen LogP contribution is -2.49. The van der Waals surface area contributed by atoms with E-state index < -0.39 is 0 Å². The molecule has 1 saturated heterocycles. The summed E-state index contributed by atoms with van der Waals surface area (Å²) in [6, 6.07) is 6.65. The van der Waals surface area contributed by atoms with Crippen LogP contribution in [0.15, 0.2) is 28.7 Å². The van der Waals surface area contributed by atoms with Crippen molar-refractivity contribution >= 4 is 11.6 Å². The van der Waals surface area contributed by atoms with Crippen LogP contribution in [0.5, 0.6) is 0 Å². The second kappa shape index (κ2) is 5.51. The van der Waals surface area contributed by atoms with E-state index in [2.05, 4.69) is 10.2 Å². The van der Waals surface area contributed by atoms with Gasteiger partial charge in [0.15, 0.2) is 0 Å². The van der Waals surface area contributed by atoms with Gasteiger partial charge < -0.3 is 14.2 Å². The minimum Gasteiger partial charge on any atom is -0.417 e. The van der Waals surface area contributed by atoms with E-state index in [-0.39, 0.29) is 17.6 Å². The molecular weight excluding hydrogens is 275 g/mol. The van der Waals surface area contributed by atoms with E-state index in [1.165, 1.54) is 6.07 Å². The largest absolute Gasteiger partial charge is 0.417 e. The van der Waals surface area contributed by atoms with E-state index in [0.717, 1.165) is 0 Å². The maximum Gasteiger partial charge on any atom is 0.311 e. The van der Waals surface area contributed by atoms with Gasteiger partial charge in [-0.15, -0.1) is 10.2 Å². The van der Waals surface area contributed by atoms with E-state index >= 15 is 0 Å². The van der Waals surface area contributed by atoms with Crippen molar-refractivity contribution in [3.63, 3.8) is 0 Å². The molecule has 1 fully saturated rings. The number of hydrogen-bond acceptors (Lipinski definition) is 5. The average molecular weight is 290 g/mol. The summed E-state index contributed by atoms with van der Waals surface area (Å²) in [6.07, 6.45) is 0. The third kappa shape index (κ3) is 2.72. The Morgan fingerprint density at radius 2 is 1.90 bits per heavy atom. The summed E-state index contributed by atoms with van der Waals surface area (Å²) in [5, 5.41) is 7.38. The van der Waals surface area contributed by atoms with Crippen LogP contribution in [-0.2, 0) is 0 Å². The summed E-state index contributed by atoms with van der Waals surface area (Å²) in [6.45, 7) is 3.77. The average Bonchev–Trinajstić information content (AvgIpc) is 2.94. The number of rotatable bonds is 2. The number of piperazine rings is 1. The fourth-order valence-electron chi connectivity index (χ4n) is 2.38. The molecule has 1 aliphatic heterocycles. The highest BCUT2D eigenvalue weighted by molar-refractivity contribution is 5.89. The Hall–Kier alpha value is -2.44. The molecular formula is C14H15FN4O2. The van der Waals surface area contributed by atoms with Gasteiger partial charge in [-0.1, -0.05) is 12.1 Å². The van der Waals surface area contributed by atoms with Gasteiger partial charge in [-0.2, -0.15) is 0 Å². The molecule has 0 unspecified atom stereocenters. The smallest absolute Gasteiger partial charge is 0.311 e. The first-order valence-electron chi connectivity index (χ1n) is 6.74. The zero-order chi connectivity index (χ0) is 14.8. The first-order chi connectivity index (χ1) is 10.1. The molecule has 1 amide bonds. The second-order valence-corrected chi connectivity index (χ2v) is 4.86. The van der Waals surface area contributed by atoms with Crippen LogP contribution in [0.3, 0.4) is 0 Å². The van der Waals surface area contributed by atoms with Crippen molar-refractivity contribution in [2.45, 2.75) is 6.92 Å². The SMILES string of the molecule is Cc1nnc(C(=O)N2CCN(c3ccccc3F)CC2)o1. The van der Waals surface area contributed by atoms with Crippen molar-refractivity contribution in [2.75, 3.05) is 31.1 Å². The summed E-state index contributed by atoms with van der Waals surface area (Å²) in [4.78, 5) is 15.7. The zero-order valence-corrected chi connectivity index (χ0v) is 11.6. The van der Waals surface area contributed by atoms with Crippen molar-refractivity contribution < 1.29 is 13.6 Å². The van der Waals surface area contributed by atoms with Crippen molar-refractivity contribution in [3.05, 3.63) is 41.9 Å². The lowest BCUT2D eigenvalue weighted by molar-refractivity contribution is 0.0705. The summed E-state index contributed by atoms with van der Waals surface area (Å²) < 4.78 is 18.9. The van der Waals surface area contributed by atoms with Crippen molar-refractivity contribution in [3.8, 4) is 0 Å². The van der Waals surface area contributed by atoms with E-state index in [1.54, 1.807) is 30.0 Å². The van der Waals surface area contributed by atoms with Gasteiger partial charge in [0.2, 0.25) is 5.89 Å². The molecule has 0 spiro atoms. The first kappa shape index (κ1) is 13.5. The van der Waals surface area contributed by atoms with Crippen LogP contribution in [-0.4, -0.2) is 47.2 Å². The Balaban J connectivity index is 1.65. The maximum atomic E-state index is 13.7. The molecule has 110 valence electrons. The molecule has 1 aliphatic rings. The number of aromatic nitrogens is 2. The third-order valence-electron chi connectivity index (χ3n) is 3.47. The normalized spacial score (nSPS) is 15.3. The Labute approximate surface area is 121 Å². The molecule has 0 aliphatic carbocycles. The number of carbonyl (C=O) groups is 1. The molecule has 2 heterocycles. The Morgan fingerprint density at radius 1 is 1.19 bits per heavy atom. The van der Waals surface area contributed by atoms with Crippen LogP contribution in [0, 0.1) is 12.7 Å². The molecule has 0 saturated carbocycles. The van der Waals surface area contributed by atoms with E-state index in [9.17, 15) is 9.18 Å². The molecule has 6 nitrogen and oxygen atoms in total. The van der Waals surface area contributed by atoms with Gasteiger partial charge >= 0.3 is 11.8 Å². The third-order valence-corrected chi connectivity index (χ3v) is 3.47. The van der Waals surface area contributed by atoms with E-state index in [0.29, 0.717) is 37.8 Å². The number of aryl methyl sites for hydroxylation is 1. The van der Waals surface area contributed by atoms with Gasteiger partial charge in [0.05, 0.1) is 5.69 Å². The fraction of sp³-hybridized carbons (Fsp3) is 0.357. The standard InChI is InChI=1S/C14H15FN4O2/c1-10-16-17-13(21-10)14(20)19-8-6-18(7-9-19)12-5-3-2-4-11(12)15/h2-5H,6-9H2,1H3. The molecule has 0 radical (unpaired) electrons. The van der Waals surface area contributed by atoms with E-state index in [1.807, 2.05) is 4.90 Å². The monoisotopic (exact) mass is 290 g/mol. The summed E-state index contributed by atoms with van der Waals surface area (Å²) in [5.41, 5.74) is 0.568. The number of nitrogens with zero attached hydrogens (tertiary/aromatic N) is 4. The van der Waals surface area contributed by atoms with Gasteiger partial charge in [-0.3, -0.25) is 4.79 Å². The molecule has 3 rings (SSSR count). The Kier molecular flexibility index (Phi) is 3.55. The highest BCUT2D eigenvalue weighted by atomic mass is 19.1. The van der Waals surface area contributed by atoms with Crippen LogP contribution in [0.2, 0.25) is 0 Å². The van der Waals surface area contributed by atoms with E-state index in [4.69, 9.17) is 4.42 Å². The minimum absolute atomic E-state index is 0.00633. The number of halogens is 1. The molecule has 0 N–H and O–H groups in total. The number of hydrogen-bond donors (Lipinski definition) is 0. The fourth-order valence-corrected chi connectivity index (χ4v) is 2.38. The lowest BCUT2D eigenvalue weighted by atomic mass is 10.2.